The summed E-state index contributed by atoms with van der Waals surface area (Å²) in [6.07, 6.45) is 5.05. The standard InChI is InChI=1S/C13H27NO/c1-4-14(9-12(2)3)10-13(11-15)7-5-6-8-13/h12,15H,4-11H2,1-3H3. The summed E-state index contributed by atoms with van der Waals surface area (Å²) in [4.78, 5) is 2.51. The van der Waals surface area contributed by atoms with Crippen LogP contribution in [0.4, 0.5) is 0 Å². The molecule has 1 rings (SSSR count). The second-order valence-corrected chi connectivity index (χ2v) is 5.59. The van der Waals surface area contributed by atoms with Gasteiger partial charge in [0.25, 0.3) is 0 Å². The lowest BCUT2D eigenvalue weighted by Crippen LogP contribution is -2.40. The number of hydrogen-bond acceptors (Lipinski definition) is 2. The van der Waals surface area contributed by atoms with E-state index in [1.807, 2.05) is 0 Å². The number of hydrogen-bond donors (Lipinski definition) is 1. The molecule has 0 aromatic heterocycles. The summed E-state index contributed by atoms with van der Waals surface area (Å²) >= 11 is 0. The third kappa shape index (κ3) is 3.76. The van der Waals surface area contributed by atoms with Gasteiger partial charge in [0, 0.05) is 25.1 Å². The molecule has 0 spiro atoms. The topological polar surface area (TPSA) is 23.5 Å². The molecule has 90 valence electrons. The molecule has 0 aliphatic heterocycles. The van der Waals surface area contributed by atoms with Gasteiger partial charge in [-0.3, -0.25) is 0 Å². The van der Waals surface area contributed by atoms with Crippen LogP contribution in [0.3, 0.4) is 0 Å². The molecule has 0 unspecified atom stereocenters. The van der Waals surface area contributed by atoms with Crippen molar-refractivity contribution in [3.63, 3.8) is 0 Å². The summed E-state index contributed by atoms with van der Waals surface area (Å²) in [5.74, 6) is 0.724. The normalized spacial score (nSPS) is 20.4. The van der Waals surface area contributed by atoms with Gasteiger partial charge >= 0.3 is 0 Å². The van der Waals surface area contributed by atoms with Crippen molar-refractivity contribution in [3.8, 4) is 0 Å². The van der Waals surface area contributed by atoms with E-state index in [0.717, 1.165) is 25.6 Å². The minimum atomic E-state index is 0.227. The maximum absolute atomic E-state index is 9.57. The van der Waals surface area contributed by atoms with E-state index in [2.05, 4.69) is 25.7 Å². The van der Waals surface area contributed by atoms with Gasteiger partial charge in [-0.05, 0) is 25.3 Å². The Kier molecular flexibility index (Phi) is 5.07. The first kappa shape index (κ1) is 13.0. The summed E-state index contributed by atoms with van der Waals surface area (Å²) in [6, 6.07) is 0. The molecule has 1 aliphatic rings. The van der Waals surface area contributed by atoms with Gasteiger partial charge in [-0.1, -0.05) is 33.6 Å². The van der Waals surface area contributed by atoms with Gasteiger partial charge in [-0.15, -0.1) is 0 Å². The average molecular weight is 213 g/mol. The fourth-order valence-electron chi connectivity index (χ4n) is 2.79. The van der Waals surface area contributed by atoms with Gasteiger partial charge in [0.15, 0.2) is 0 Å². The summed E-state index contributed by atoms with van der Waals surface area (Å²) in [5, 5.41) is 9.57. The molecule has 0 radical (unpaired) electrons. The molecule has 2 nitrogen and oxygen atoms in total. The van der Waals surface area contributed by atoms with Crippen molar-refractivity contribution in [2.45, 2.75) is 46.5 Å². The van der Waals surface area contributed by atoms with Crippen LogP contribution in [0.5, 0.6) is 0 Å². The van der Waals surface area contributed by atoms with E-state index in [1.54, 1.807) is 0 Å². The maximum Gasteiger partial charge on any atom is 0.0499 e. The molecule has 0 heterocycles. The Morgan fingerprint density at radius 2 is 1.87 bits per heavy atom. The molecule has 15 heavy (non-hydrogen) atoms. The fraction of sp³-hybridized carbons (Fsp3) is 1.00. The molecule has 0 saturated heterocycles. The largest absolute Gasteiger partial charge is 0.396 e. The zero-order valence-corrected chi connectivity index (χ0v) is 10.6. The molecule has 0 aromatic carbocycles. The molecule has 0 bridgehead atoms. The Morgan fingerprint density at radius 1 is 1.27 bits per heavy atom. The molecule has 1 fully saturated rings. The third-order valence-electron chi connectivity index (χ3n) is 3.63. The van der Waals surface area contributed by atoms with Crippen molar-refractivity contribution in [3.05, 3.63) is 0 Å². The van der Waals surface area contributed by atoms with Gasteiger partial charge in [-0.25, -0.2) is 0 Å². The van der Waals surface area contributed by atoms with Crippen molar-refractivity contribution in [2.75, 3.05) is 26.2 Å². The molecule has 0 aromatic rings. The number of nitrogens with zero attached hydrogens (tertiary/aromatic N) is 1. The highest BCUT2D eigenvalue weighted by Crippen LogP contribution is 2.38. The van der Waals surface area contributed by atoms with Crippen LogP contribution in [0.1, 0.15) is 46.5 Å². The Hall–Kier alpha value is -0.0800. The van der Waals surface area contributed by atoms with Crippen molar-refractivity contribution in [1.82, 2.24) is 4.90 Å². The predicted molar refractivity (Wildman–Crippen MR) is 64.9 cm³/mol. The smallest absolute Gasteiger partial charge is 0.0499 e. The van der Waals surface area contributed by atoms with Gasteiger partial charge in [-0.2, -0.15) is 0 Å². The zero-order valence-electron chi connectivity index (χ0n) is 10.6. The predicted octanol–water partition coefficient (Wildman–Crippen LogP) is 2.52. The monoisotopic (exact) mass is 213 g/mol. The fourth-order valence-corrected chi connectivity index (χ4v) is 2.79. The first-order valence-corrected chi connectivity index (χ1v) is 6.45. The molecule has 1 N–H and O–H groups in total. The second kappa shape index (κ2) is 5.86. The number of aliphatic hydroxyl groups excluding tert-OH is 1. The molecule has 2 heteroatoms. The zero-order chi connectivity index (χ0) is 11.3. The highest BCUT2D eigenvalue weighted by Gasteiger charge is 2.34. The van der Waals surface area contributed by atoms with Crippen LogP contribution in [0.2, 0.25) is 0 Å². The third-order valence-corrected chi connectivity index (χ3v) is 3.63. The molecule has 0 atom stereocenters. The van der Waals surface area contributed by atoms with Crippen LogP contribution in [-0.2, 0) is 0 Å². The van der Waals surface area contributed by atoms with Gasteiger partial charge in [0.2, 0.25) is 0 Å². The Morgan fingerprint density at radius 3 is 2.27 bits per heavy atom. The quantitative estimate of drug-likeness (QED) is 0.733. The van der Waals surface area contributed by atoms with Crippen molar-refractivity contribution in [2.24, 2.45) is 11.3 Å². The van der Waals surface area contributed by atoms with Crippen LogP contribution in [0.15, 0.2) is 0 Å². The Balaban J connectivity index is 2.48. The van der Waals surface area contributed by atoms with Gasteiger partial charge in [0.1, 0.15) is 0 Å². The van der Waals surface area contributed by atoms with Crippen LogP contribution in [0.25, 0.3) is 0 Å². The highest BCUT2D eigenvalue weighted by molar-refractivity contribution is 4.87. The van der Waals surface area contributed by atoms with E-state index in [4.69, 9.17) is 0 Å². The number of rotatable bonds is 6. The summed E-state index contributed by atoms with van der Waals surface area (Å²) in [6.45, 7) is 10.5. The lowest BCUT2D eigenvalue weighted by atomic mass is 9.86. The molecule has 1 saturated carbocycles. The van der Waals surface area contributed by atoms with E-state index in [0.29, 0.717) is 6.61 Å². The van der Waals surface area contributed by atoms with E-state index < -0.39 is 0 Å². The molecular formula is C13H27NO. The van der Waals surface area contributed by atoms with Crippen LogP contribution in [0, 0.1) is 11.3 Å². The maximum atomic E-state index is 9.57. The van der Waals surface area contributed by atoms with Crippen molar-refractivity contribution in [1.29, 1.82) is 0 Å². The highest BCUT2D eigenvalue weighted by atomic mass is 16.3. The van der Waals surface area contributed by atoms with E-state index in [1.165, 1.54) is 25.7 Å². The van der Waals surface area contributed by atoms with Crippen molar-refractivity contribution < 1.29 is 5.11 Å². The van der Waals surface area contributed by atoms with Gasteiger partial charge in [0.05, 0.1) is 0 Å². The lowest BCUT2D eigenvalue weighted by Gasteiger charge is -2.34. The minimum absolute atomic E-state index is 0.227. The van der Waals surface area contributed by atoms with E-state index in [9.17, 15) is 5.11 Å². The average Bonchev–Trinajstić information content (AvgIpc) is 2.65. The first-order chi connectivity index (χ1) is 7.12. The summed E-state index contributed by atoms with van der Waals surface area (Å²) in [7, 11) is 0. The van der Waals surface area contributed by atoms with Gasteiger partial charge < -0.3 is 10.0 Å². The van der Waals surface area contributed by atoms with Crippen molar-refractivity contribution >= 4 is 0 Å². The summed E-state index contributed by atoms with van der Waals surface area (Å²) < 4.78 is 0. The number of aliphatic hydroxyl groups is 1. The Labute approximate surface area is 94.7 Å². The van der Waals surface area contributed by atoms with E-state index >= 15 is 0 Å². The molecule has 1 aliphatic carbocycles. The lowest BCUT2D eigenvalue weighted by molar-refractivity contribution is 0.0755. The van der Waals surface area contributed by atoms with E-state index in [-0.39, 0.29) is 5.41 Å². The second-order valence-electron chi connectivity index (χ2n) is 5.59. The minimum Gasteiger partial charge on any atom is -0.396 e. The molecule has 0 amide bonds. The van der Waals surface area contributed by atoms with Crippen LogP contribution < -0.4 is 0 Å². The molecular weight excluding hydrogens is 186 g/mol. The summed E-state index contributed by atoms with van der Waals surface area (Å²) in [5.41, 5.74) is 0.227. The van der Waals surface area contributed by atoms with Crippen LogP contribution in [-0.4, -0.2) is 36.2 Å². The first-order valence-electron chi connectivity index (χ1n) is 6.45. The Bertz CT molecular complexity index is 173. The van der Waals surface area contributed by atoms with Crippen LogP contribution >= 0.6 is 0 Å². The SMILES string of the molecule is CCN(CC(C)C)CC1(CO)CCCC1.